The Kier molecular flexibility index (Phi) is 5.90. The number of aliphatic hydroxyl groups excluding tert-OH is 2. The molecule has 1 aromatic carbocycles. The molecule has 13 nitrogen and oxygen atoms in total. The molecule has 1 aliphatic rings. The first-order chi connectivity index (χ1) is 14.7. The zero-order valence-corrected chi connectivity index (χ0v) is 16.9. The summed E-state index contributed by atoms with van der Waals surface area (Å²) in [6.45, 7) is -0.166. The van der Waals surface area contributed by atoms with Crippen molar-refractivity contribution < 1.29 is 33.8 Å². The van der Waals surface area contributed by atoms with E-state index in [1.165, 1.54) is 17.2 Å². The molecule has 3 aromatic rings. The molecule has 0 unspecified atom stereocenters. The lowest BCUT2D eigenvalue weighted by atomic mass is 10.1. The van der Waals surface area contributed by atoms with E-state index in [1.54, 1.807) is 6.07 Å². The van der Waals surface area contributed by atoms with Crippen LogP contribution in [0.15, 0.2) is 36.9 Å². The maximum atomic E-state index is 10.9. The minimum absolute atomic E-state index is 0.331. The summed E-state index contributed by atoms with van der Waals surface area (Å²) in [4.78, 5) is 30.4. The van der Waals surface area contributed by atoms with E-state index in [-0.39, 0.29) is 0 Å². The van der Waals surface area contributed by atoms with Crippen LogP contribution in [0.2, 0.25) is 0 Å². The molecule has 7 N–H and O–H groups in total. The van der Waals surface area contributed by atoms with Gasteiger partial charge in [0.05, 0.1) is 12.9 Å². The highest BCUT2D eigenvalue weighted by Gasteiger charge is 2.45. The summed E-state index contributed by atoms with van der Waals surface area (Å²) < 4.78 is 22.3. The van der Waals surface area contributed by atoms with Gasteiger partial charge < -0.3 is 35.8 Å². The topological polar surface area (TPSA) is 198 Å². The number of nitrogens with two attached hydrogens (primary N) is 1. The first-order valence-electron chi connectivity index (χ1n) is 9.20. The minimum atomic E-state index is -4.75. The van der Waals surface area contributed by atoms with Gasteiger partial charge in [0.1, 0.15) is 24.6 Å². The third-order valence-electron chi connectivity index (χ3n) is 4.79. The fourth-order valence-electron chi connectivity index (χ4n) is 3.32. The highest BCUT2D eigenvalue weighted by molar-refractivity contribution is 7.46. The molecule has 4 rings (SSSR count). The largest absolute Gasteiger partial charge is 0.469 e. The van der Waals surface area contributed by atoms with E-state index in [1.807, 2.05) is 18.2 Å². The number of benzene rings is 1. The van der Waals surface area contributed by atoms with Crippen molar-refractivity contribution in [2.75, 3.05) is 17.7 Å². The molecule has 14 heteroatoms. The Balaban J connectivity index is 1.54. The molecule has 166 valence electrons. The van der Waals surface area contributed by atoms with Gasteiger partial charge in [-0.15, -0.1) is 0 Å². The van der Waals surface area contributed by atoms with Crippen molar-refractivity contribution in [2.24, 2.45) is 0 Å². The summed E-state index contributed by atoms with van der Waals surface area (Å²) in [6, 6.07) is 7.36. The number of aliphatic hydroxyl groups is 2. The van der Waals surface area contributed by atoms with Crippen molar-refractivity contribution in [3.05, 3.63) is 42.5 Å². The van der Waals surface area contributed by atoms with Crippen LogP contribution in [0.25, 0.3) is 11.2 Å². The monoisotopic (exact) mass is 452 g/mol. The summed E-state index contributed by atoms with van der Waals surface area (Å²) in [5.74, 6) is 0.445. The molecule has 1 aliphatic heterocycles. The van der Waals surface area contributed by atoms with E-state index < -0.39 is 39.0 Å². The Morgan fingerprint density at radius 1 is 1.23 bits per heavy atom. The lowest BCUT2D eigenvalue weighted by molar-refractivity contribution is -0.0504. The van der Waals surface area contributed by atoms with Gasteiger partial charge in [0.15, 0.2) is 23.2 Å². The molecular formula is C17H21N6O7P. The van der Waals surface area contributed by atoms with Crippen molar-refractivity contribution in [1.29, 1.82) is 0 Å². The van der Waals surface area contributed by atoms with E-state index in [9.17, 15) is 14.8 Å². The fraction of sp³-hybridized carbons (Fsp3) is 0.353. The van der Waals surface area contributed by atoms with Crippen LogP contribution < -0.4 is 11.1 Å². The fourth-order valence-corrected chi connectivity index (χ4v) is 3.66. The number of fused-ring (bicyclic) bond motifs is 1. The van der Waals surface area contributed by atoms with Gasteiger partial charge in [-0.05, 0) is 17.7 Å². The normalized spacial score (nSPS) is 24.0. The molecular weight excluding hydrogens is 431 g/mol. The zero-order valence-electron chi connectivity index (χ0n) is 16.0. The average molecular weight is 452 g/mol. The zero-order chi connectivity index (χ0) is 22.2. The lowest BCUT2D eigenvalue weighted by Crippen LogP contribution is -2.33. The molecule has 0 aliphatic carbocycles. The van der Waals surface area contributed by atoms with E-state index in [0.717, 1.165) is 5.56 Å². The summed E-state index contributed by atoms with van der Waals surface area (Å²) >= 11 is 0. The number of hydrogen-bond donors (Lipinski definition) is 6. The van der Waals surface area contributed by atoms with E-state index >= 15 is 0 Å². The Labute approximate surface area is 175 Å². The summed E-state index contributed by atoms with van der Waals surface area (Å²) in [5.41, 5.74) is 8.11. The molecule has 0 radical (unpaired) electrons. The molecule has 0 spiro atoms. The second-order valence-corrected chi connectivity index (χ2v) is 8.22. The van der Waals surface area contributed by atoms with Crippen LogP contribution in [-0.4, -0.2) is 64.4 Å². The Bertz CT molecular complexity index is 1120. The SMILES string of the molecule is Nc1cccc(CNc2ncnc3c2ncn3[C@@H]2O[C@H](COP(=O)(O)O)[C@@H](O)[C@H]2O)c1. The second kappa shape index (κ2) is 8.48. The van der Waals surface area contributed by atoms with Crippen molar-refractivity contribution >= 4 is 30.5 Å². The van der Waals surface area contributed by atoms with Gasteiger partial charge in [0, 0.05) is 12.2 Å². The maximum Gasteiger partial charge on any atom is 0.469 e. The number of ether oxygens (including phenoxy) is 1. The molecule has 2 aromatic heterocycles. The van der Waals surface area contributed by atoms with Gasteiger partial charge >= 0.3 is 7.82 Å². The van der Waals surface area contributed by atoms with Crippen LogP contribution >= 0.6 is 7.82 Å². The number of hydrogen-bond acceptors (Lipinski definition) is 10. The Morgan fingerprint density at radius 3 is 2.77 bits per heavy atom. The van der Waals surface area contributed by atoms with Crippen LogP contribution in [-0.2, 0) is 20.4 Å². The van der Waals surface area contributed by atoms with Gasteiger partial charge in [-0.3, -0.25) is 9.09 Å². The second-order valence-electron chi connectivity index (χ2n) is 6.98. The summed E-state index contributed by atoms with van der Waals surface area (Å²) in [5, 5.41) is 23.7. The highest BCUT2D eigenvalue weighted by Crippen LogP contribution is 2.39. The molecule has 0 saturated carbocycles. The number of nitrogens with one attached hydrogen (secondary N) is 1. The number of nitrogens with zero attached hydrogens (tertiary/aromatic N) is 4. The predicted molar refractivity (Wildman–Crippen MR) is 107 cm³/mol. The Morgan fingerprint density at radius 2 is 2.03 bits per heavy atom. The van der Waals surface area contributed by atoms with Crippen molar-refractivity contribution in [3.8, 4) is 0 Å². The van der Waals surface area contributed by atoms with Gasteiger partial charge in [-0.2, -0.15) is 0 Å². The van der Waals surface area contributed by atoms with Crippen LogP contribution in [0.4, 0.5) is 11.5 Å². The van der Waals surface area contributed by atoms with Crippen molar-refractivity contribution in [2.45, 2.75) is 31.1 Å². The number of anilines is 2. The van der Waals surface area contributed by atoms with Gasteiger partial charge in [-0.25, -0.2) is 19.5 Å². The summed E-state index contributed by atoms with van der Waals surface area (Å²) in [6.07, 6.45) is -2.40. The van der Waals surface area contributed by atoms with Gasteiger partial charge in [0.25, 0.3) is 0 Å². The quantitative estimate of drug-likeness (QED) is 0.203. The molecule has 3 heterocycles. The number of aromatic nitrogens is 4. The van der Waals surface area contributed by atoms with Crippen LogP contribution in [0.5, 0.6) is 0 Å². The first-order valence-corrected chi connectivity index (χ1v) is 10.7. The third-order valence-corrected chi connectivity index (χ3v) is 5.27. The molecule has 1 fully saturated rings. The average Bonchev–Trinajstić information content (AvgIpc) is 3.26. The predicted octanol–water partition coefficient (Wildman–Crippen LogP) is -0.251. The molecule has 1 saturated heterocycles. The highest BCUT2D eigenvalue weighted by atomic mass is 31.2. The van der Waals surface area contributed by atoms with Crippen LogP contribution in [0, 0.1) is 0 Å². The molecule has 0 amide bonds. The van der Waals surface area contributed by atoms with Crippen LogP contribution in [0.1, 0.15) is 11.8 Å². The third kappa shape index (κ3) is 4.67. The molecule has 4 atom stereocenters. The summed E-state index contributed by atoms with van der Waals surface area (Å²) in [7, 11) is -4.75. The van der Waals surface area contributed by atoms with Crippen molar-refractivity contribution in [1.82, 2.24) is 19.5 Å². The van der Waals surface area contributed by atoms with Crippen molar-refractivity contribution in [3.63, 3.8) is 0 Å². The Hall–Kier alpha value is -2.64. The smallest absolute Gasteiger partial charge is 0.399 e. The number of rotatable bonds is 7. The van der Waals surface area contributed by atoms with E-state index in [4.69, 9.17) is 20.3 Å². The van der Waals surface area contributed by atoms with Gasteiger partial charge in [-0.1, -0.05) is 12.1 Å². The maximum absolute atomic E-state index is 10.9. The van der Waals surface area contributed by atoms with E-state index in [0.29, 0.717) is 29.2 Å². The molecule has 31 heavy (non-hydrogen) atoms. The molecule has 0 bridgehead atoms. The number of phosphoric ester groups is 1. The van der Waals surface area contributed by atoms with E-state index in [2.05, 4.69) is 24.8 Å². The van der Waals surface area contributed by atoms with Crippen LogP contribution in [0.3, 0.4) is 0 Å². The lowest BCUT2D eigenvalue weighted by Gasteiger charge is -2.16. The van der Waals surface area contributed by atoms with Gasteiger partial charge in [0.2, 0.25) is 0 Å². The minimum Gasteiger partial charge on any atom is -0.399 e. The standard InChI is InChI=1S/C17H21N6O7P/c18-10-3-1-2-9(4-10)5-19-15-12-16(21-7-20-15)23(8-22-12)17-14(25)13(24)11(30-17)6-29-31(26,27)28/h1-4,7-8,11,13-14,17,24-25H,5-6,18H2,(H,19,20,21)(H2,26,27,28)/t11-,13-,14-,17-/m1/s1. The first kappa shape index (κ1) is 21.6. The number of imidazole rings is 1. The number of nitrogen functional groups attached to an aromatic ring is 1. The number of phosphoric acid groups is 1.